The lowest BCUT2D eigenvalue weighted by molar-refractivity contribution is 0.0949. The summed E-state index contributed by atoms with van der Waals surface area (Å²) >= 11 is 0. The van der Waals surface area contributed by atoms with Crippen molar-refractivity contribution in [3.8, 4) is 11.1 Å². The summed E-state index contributed by atoms with van der Waals surface area (Å²) in [7, 11) is 1.61. The molecule has 128 valence electrons. The number of halogens is 2. The third-order valence-corrected chi connectivity index (χ3v) is 3.46. The van der Waals surface area contributed by atoms with Crippen molar-refractivity contribution >= 4 is 5.91 Å². The number of rotatable bonds is 8. The molecule has 2 N–H and O–H groups in total. The van der Waals surface area contributed by atoms with Crippen molar-refractivity contribution in [2.45, 2.75) is 0 Å². The van der Waals surface area contributed by atoms with Crippen LogP contribution in [0.2, 0.25) is 0 Å². The molecule has 0 heterocycles. The lowest BCUT2D eigenvalue weighted by Crippen LogP contribution is -2.33. The van der Waals surface area contributed by atoms with Crippen molar-refractivity contribution in [3.05, 3.63) is 59.7 Å². The molecule has 0 aliphatic rings. The third kappa shape index (κ3) is 5.11. The van der Waals surface area contributed by atoms with Gasteiger partial charge in [0, 0.05) is 26.7 Å². The first kappa shape index (κ1) is 18.0. The summed E-state index contributed by atoms with van der Waals surface area (Å²) in [6.07, 6.45) is 0. The second kappa shape index (κ2) is 9.10. The first-order chi connectivity index (χ1) is 11.6. The Morgan fingerprint density at radius 2 is 1.71 bits per heavy atom. The highest BCUT2D eigenvalue weighted by atomic mass is 19.1. The van der Waals surface area contributed by atoms with Crippen LogP contribution in [0.15, 0.2) is 42.5 Å². The highest BCUT2D eigenvalue weighted by Gasteiger charge is 2.12. The summed E-state index contributed by atoms with van der Waals surface area (Å²) in [5, 5.41) is 5.73. The molecule has 4 nitrogen and oxygen atoms in total. The molecule has 0 unspecified atom stereocenters. The fourth-order valence-electron chi connectivity index (χ4n) is 2.18. The molecule has 2 rings (SSSR count). The van der Waals surface area contributed by atoms with Gasteiger partial charge in [0.2, 0.25) is 0 Å². The van der Waals surface area contributed by atoms with Crippen molar-refractivity contribution in [2.24, 2.45) is 0 Å². The van der Waals surface area contributed by atoms with Gasteiger partial charge in [0.15, 0.2) is 0 Å². The number of amides is 1. The number of methoxy groups -OCH3 is 1. The Balaban J connectivity index is 1.94. The van der Waals surface area contributed by atoms with Gasteiger partial charge in [-0.1, -0.05) is 18.2 Å². The number of hydrogen-bond donors (Lipinski definition) is 2. The van der Waals surface area contributed by atoms with E-state index < -0.39 is 11.7 Å². The predicted molar refractivity (Wildman–Crippen MR) is 88.9 cm³/mol. The maximum atomic E-state index is 14.2. The van der Waals surface area contributed by atoms with E-state index in [0.717, 1.165) is 0 Å². The Kier molecular flexibility index (Phi) is 6.84. The van der Waals surface area contributed by atoms with Crippen LogP contribution in [0.1, 0.15) is 10.4 Å². The molecule has 1 amide bonds. The highest BCUT2D eigenvalue weighted by Crippen LogP contribution is 2.22. The molecule has 0 spiro atoms. The number of carbonyl (C=O) groups is 1. The van der Waals surface area contributed by atoms with Crippen LogP contribution in [0.25, 0.3) is 11.1 Å². The number of nitrogens with one attached hydrogen (secondary N) is 2. The van der Waals surface area contributed by atoms with Gasteiger partial charge in [0.25, 0.3) is 5.91 Å². The van der Waals surface area contributed by atoms with Crippen LogP contribution >= 0.6 is 0 Å². The first-order valence-electron chi connectivity index (χ1n) is 7.65. The lowest BCUT2D eigenvalue weighted by Gasteiger charge is -2.09. The molecule has 0 aliphatic heterocycles. The maximum Gasteiger partial charge on any atom is 0.254 e. The molecule has 0 atom stereocenters. The Morgan fingerprint density at radius 3 is 2.38 bits per heavy atom. The molecule has 0 bridgehead atoms. The van der Waals surface area contributed by atoms with Gasteiger partial charge in [0.1, 0.15) is 11.6 Å². The smallest absolute Gasteiger partial charge is 0.254 e. The number of carbonyl (C=O) groups excluding carboxylic acids is 1. The molecule has 2 aromatic rings. The van der Waals surface area contributed by atoms with Gasteiger partial charge in [-0.2, -0.15) is 0 Å². The van der Waals surface area contributed by atoms with E-state index in [2.05, 4.69) is 10.6 Å². The van der Waals surface area contributed by atoms with Crippen molar-refractivity contribution in [1.29, 1.82) is 0 Å². The minimum absolute atomic E-state index is 0.0160. The van der Waals surface area contributed by atoms with E-state index in [4.69, 9.17) is 4.74 Å². The van der Waals surface area contributed by atoms with Crippen LogP contribution < -0.4 is 10.6 Å². The molecule has 6 heteroatoms. The van der Waals surface area contributed by atoms with Crippen molar-refractivity contribution in [1.82, 2.24) is 10.6 Å². The Hall–Kier alpha value is -2.31. The van der Waals surface area contributed by atoms with E-state index in [-0.39, 0.29) is 11.4 Å². The minimum atomic E-state index is -0.610. The number of benzene rings is 2. The quantitative estimate of drug-likeness (QED) is 0.730. The zero-order chi connectivity index (χ0) is 17.4. The lowest BCUT2D eigenvalue weighted by atomic mass is 10.0. The second-order valence-electron chi connectivity index (χ2n) is 5.20. The average Bonchev–Trinajstić information content (AvgIpc) is 2.58. The summed E-state index contributed by atoms with van der Waals surface area (Å²) in [4.78, 5) is 12.0. The van der Waals surface area contributed by atoms with Crippen molar-refractivity contribution < 1.29 is 18.3 Å². The van der Waals surface area contributed by atoms with Gasteiger partial charge in [-0.15, -0.1) is 0 Å². The van der Waals surface area contributed by atoms with E-state index in [0.29, 0.717) is 37.4 Å². The Labute approximate surface area is 139 Å². The Bertz CT molecular complexity index is 675. The molecule has 2 aromatic carbocycles. The van der Waals surface area contributed by atoms with Gasteiger partial charge in [-0.25, -0.2) is 8.78 Å². The summed E-state index contributed by atoms with van der Waals surface area (Å²) in [5.74, 6) is -1.43. The number of hydrogen-bond acceptors (Lipinski definition) is 3. The van der Waals surface area contributed by atoms with Crippen LogP contribution in [0.3, 0.4) is 0 Å². The topological polar surface area (TPSA) is 50.4 Å². The van der Waals surface area contributed by atoms with Crippen molar-refractivity contribution in [2.75, 3.05) is 33.4 Å². The second-order valence-corrected chi connectivity index (χ2v) is 5.20. The minimum Gasteiger partial charge on any atom is -0.383 e. The fraction of sp³-hybridized carbons (Fsp3) is 0.278. The zero-order valence-corrected chi connectivity index (χ0v) is 13.4. The maximum absolute atomic E-state index is 14.2. The van der Waals surface area contributed by atoms with Crippen LogP contribution in [0.5, 0.6) is 0 Å². The summed E-state index contributed by atoms with van der Waals surface area (Å²) in [6.45, 7) is 2.24. The molecule has 0 saturated heterocycles. The highest BCUT2D eigenvalue weighted by molar-refractivity contribution is 5.95. The zero-order valence-electron chi connectivity index (χ0n) is 13.4. The standard InChI is InChI=1S/C18H20F2N2O2/c1-24-11-10-21-8-9-22-18(23)16-7-4-14(12-17(16)20)13-2-5-15(19)6-3-13/h2-7,12,21H,8-11H2,1H3,(H,22,23). The van der Waals surface area contributed by atoms with E-state index >= 15 is 0 Å². The summed E-state index contributed by atoms with van der Waals surface area (Å²) < 4.78 is 32.0. The van der Waals surface area contributed by atoms with Crippen LogP contribution in [-0.2, 0) is 4.74 Å². The van der Waals surface area contributed by atoms with Gasteiger partial charge in [-0.3, -0.25) is 4.79 Å². The van der Waals surface area contributed by atoms with Crippen LogP contribution in [0, 0.1) is 11.6 Å². The summed E-state index contributed by atoms with van der Waals surface area (Å²) in [6, 6.07) is 10.1. The van der Waals surface area contributed by atoms with E-state index in [9.17, 15) is 13.6 Å². The van der Waals surface area contributed by atoms with Crippen LogP contribution in [-0.4, -0.2) is 39.3 Å². The van der Waals surface area contributed by atoms with Crippen molar-refractivity contribution in [3.63, 3.8) is 0 Å². The van der Waals surface area contributed by atoms with E-state index in [1.54, 1.807) is 25.3 Å². The van der Waals surface area contributed by atoms with Gasteiger partial charge >= 0.3 is 0 Å². The molecule has 0 fully saturated rings. The number of ether oxygens (including phenoxy) is 1. The largest absolute Gasteiger partial charge is 0.383 e. The van der Waals surface area contributed by atoms with Crippen LogP contribution in [0.4, 0.5) is 8.78 Å². The third-order valence-electron chi connectivity index (χ3n) is 3.46. The van der Waals surface area contributed by atoms with Gasteiger partial charge in [-0.05, 0) is 35.4 Å². The average molecular weight is 334 g/mol. The van der Waals surface area contributed by atoms with E-state index in [1.807, 2.05) is 0 Å². The molecule has 24 heavy (non-hydrogen) atoms. The van der Waals surface area contributed by atoms with Gasteiger partial charge in [0.05, 0.1) is 12.2 Å². The molecule has 0 radical (unpaired) electrons. The SMILES string of the molecule is COCCNCCNC(=O)c1ccc(-c2ccc(F)cc2)cc1F. The Morgan fingerprint density at radius 1 is 1.00 bits per heavy atom. The normalized spacial score (nSPS) is 10.6. The molecular weight excluding hydrogens is 314 g/mol. The van der Waals surface area contributed by atoms with E-state index in [1.165, 1.54) is 24.3 Å². The first-order valence-corrected chi connectivity index (χ1v) is 7.65. The monoisotopic (exact) mass is 334 g/mol. The molecule has 0 aromatic heterocycles. The molecular formula is C18H20F2N2O2. The summed E-state index contributed by atoms with van der Waals surface area (Å²) in [5.41, 5.74) is 1.26. The molecule has 0 saturated carbocycles. The van der Waals surface area contributed by atoms with Gasteiger partial charge < -0.3 is 15.4 Å². The predicted octanol–water partition coefficient (Wildman–Crippen LogP) is 2.60. The fourth-order valence-corrected chi connectivity index (χ4v) is 2.18. The molecule has 0 aliphatic carbocycles.